The average Bonchev–Trinajstić information content (AvgIpc) is 3.29. The second kappa shape index (κ2) is 7.71. The van der Waals surface area contributed by atoms with Crippen LogP contribution in [0.2, 0.25) is 0 Å². The first kappa shape index (κ1) is 20.3. The monoisotopic (exact) mass is 425 g/mol. The Morgan fingerprint density at radius 2 is 1.84 bits per heavy atom. The highest BCUT2D eigenvalue weighted by atomic mass is 16.6. The zero-order valence-electron chi connectivity index (χ0n) is 16.8. The first-order valence-electron chi connectivity index (χ1n) is 9.50. The summed E-state index contributed by atoms with van der Waals surface area (Å²) in [5.74, 6) is -1.83. The van der Waals surface area contributed by atoms with Gasteiger partial charge in [-0.15, -0.1) is 0 Å². The SMILES string of the molecule is COC(=O)C1CC2C(=O)N(c3ccccc3)C(=O)N2C1c1ccc(OC)c([N+](=O)[O-])c1. The van der Waals surface area contributed by atoms with Gasteiger partial charge in [-0.25, -0.2) is 9.69 Å². The van der Waals surface area contributed by atoms with Gasteiger partial charge in [-0.2, -0.15) is 0 Å². The number of carbonyl (C=O) groups is 3. The molecule has 0 aliphatic carbocycles. The molecule has 10 nitrogen and oxygen atoms in total. The van der Waals surface area contributed by atoms with Gasteiger partial charge in [0.25, 0.3) is 5.91 Å². The van der Waals surface area contributed by atoms with Gasteiger partial charge >= 0.3 is 17.7 Å². The van der Waals surface area contributed by atoms with Crippen LogP contribution in [0.25, 0.3) is 0 Å². The number of fused-ring (bicyclic) bond motifs is 1. The molecule has 160 valence electrons. The van der Waals surface area contributed by atoms with Crippen molar-refractivity contribution in [2.75, 3.05) is 19.1 Å². The van der Waals surface area contributed by atoms with Crippen LogP contribution in [0.4, 0.5) is 16.2 Å². The van der Waals surface area contributed by atoms with E-state index in [0.717, 1.165) is 4.90 Å². The first-order valence-corrected chi connectivity index (χ1v) is 9.50. The molecule has 0 bridgehead atoms. The molecule has 2 heterocycles. The second-order valence-electron chi connectivity index (χ2n) is 7.21. The lowest BCUT2D eigenvalue weighted by Crippen LogP contribution is -2.37. The molecule has 2 aliphatic heterocycles. The molecule has 3 atom stereocenters. The second-order valence-corrected chi connectivity index (χ2v) is 7.21. The Morgan fingerprint density at radius 1 is 1.13 bits per heavy atom. The Balaban J connectivity index is 1.80. The van der Waals surface area contributed by atoms with Crippen molar-refractivity contribution < 1.29 is 28.8 Å². The molecule has 2 fully saturated rings. The number of hydrogen-bond acceptors (Lipinski definition) is 7. The van der Waals surface area contributed by atoms with Gasteiger partial charge in [0.05, 0.1) is 36.8 Å². The number of nitro groups is 1. The molecule has 2 aliphatic rings. The minimum absolute atomic E-state index is 0.0488. The fraction of sp³-hybridized carbons (Fsp3) is 0.286. The maximum atomic E-state index is 13.3. The quantitative estimate of drug-likeness (QED) is 0.313. The number of carbonyl (C=O) groups excluding carboxylic acids is 3. The third-order valence-corrected chi connectivity index (χ3v) is 5.67. The zero-order valence-corrected chi connectivity index (χ0v) is 16.8. The van der Waals surface area contributed by atoms with E-state index in [4.69, 9.17) is 9.47 Å². The molecular weight excluding hydrogens is 406 g/mol. The number of hydrogen-bond donors (Lipinski definition) is 0. The first-order chi connectivity index (χ1) is 14.9. The van der Waals surface area contributed by atoms with Crippen molar-refractivity contribution in [2.45, 2.75) is 18.5 Å². The van der Waals surface area contributed by atoms with Crippen LogP contribution in [-0.2, 0) is 14.3 Å². The van der Waals surface area contributed by atoms with E-state index in [9.17, 15) is 24.5 Å². The van der Waals surface area contributed by atoms with Crippen molar-refractivity contribution in [3.63, 3.8) is 0 Å². The minimum atomic E-state index is -0.896. The van der Waals surface area contributed by atoms with Gasteiger partial charge in [0.2, 0.25) is 0 Å². The number of methoxy groups -OCH3 is 2. The summed E-state index contributed by atoms with van der Waals surface area (Å²) in [6.07, 6.45) is 0.0606. The Morgan fingerprint density at radius 3 is 2.45 bits per heavy atom. The molecule has 31 heavy (non-hydrogen) atoms. The van der Waals surface area contributed by atoms with E-state index >= 15 is 0 Å². The van der Waals surface area contributed by atoms with Crippen LogP contribution >= 0.6 is 0 Å². The molecule has 3 amide bonds. The van der Waals surface area contributed by atoms with Crippen molar-refractivity contribution in [3.05, 3.63) is 64.2 Å². The van der Waals surface area contributed by atoms with Gasteiger partial charge in [0.1, 0.15) is 6.04 Å². The van der Waals surface area contributed by atoms with E-state index in [2.05, 4.69) is 0 Å². The highest BCUT2D eigenvalue weighted by Crippen LogP contribution is 2.47. The Bertz CT molecular complexity index is 1070. The van der Waals surface area contributed by atoms with Gasteiger partial charge in [0, 0.05) is 6.07 Å². The van der Waals surface area contributed by atoms with Crippen molar-refractivity contribution >= 4 is 29.3 Å². The van der Waals surface area contributed by atoms with Crippen molar-refractivity contribution in [1.29, 1.82) is 0 Å². The van der Waals surface area contributed by atoms with E-state index < -0.39 is 40.8 Å². The van der Waals surface area contributed by atoms with Crippen LogP contribution in [0.1, 0.15) is 18.0 Å². The molecule has 0 radical (unpaired) electrons. The number of nitro benzene ring substituents is 1. The van der Waals surface area contributed by atoms with Crippen LogP contribution in [0.15, 0.2) is 48.5 Å². The maximum Gasteiger partial charge on any atom is 0.332 e. The number of urea groups is 1. The third-order valence-electron chi connectivity index (χ3n) is 5.67. The average molecular weight is 425 g/mol. The van der Waals surface area contributed by atoms with Gasteiger partial charge in [0.15, 0.2) is 5.75 Å². The fourth-order valence-electron chi connectivity index (χ4n) is 4.32. The predicted octanol–water partition coefficient (Wildman–Crippen LogP) is 2.67. The molecule has 0 spiro atoms. The molecule has 2 saturated heterocycles. The molecule has 2 aromatic rings. The lowest BCUT2D eigenvalue weighted by Gasteiger charge is -2.27. The Hall–Kier alpha value is -3.95. The summed E-state index contributed by atoms with van der Waals surface area (Å²) in [6, 6.07) is 10.3. The van der Waals surface area contributed by atoms with Gasteiger partial charge in [-0.1, -0.05) is 24.3 Å². The van der Waals surface area contributed by atoms with E-state index in [1.165, 1.54) is 31.3 Å². The molecule has 0 saturated carbocycles. The molecule has 2 aromatic carbocycles. The molecular formula is C21H19N3O7. The van der Waals surface area contributed by atoms with E-state index in [1.807, 2.05) is 0 Å². The molecule has 4 rings (SSSR count). The van der Waals surface area contributed by atoms with E-state index in [1.54, 1.807) is 36.4 Å². The minimum Gasteiger partial charge on any atom is -0.490 e. The number of rotatable bonds is 5. The number of esters is 1. The lowest BCUT2D eigenvalue weighted by atomic mass is 9.92. The van der Waals surface area contributed by atoms with Crippen molar-refractivity contribution in [2.24, 2.45) is 5.92 Å². The smallest absolute Gasteiger partial charge is 0.332 e. The topological polar surface area (TPSA) is 119 Å². The van der Waals surface area contributed by atoms with Crippen LogP contribution in [-0.4, -0.2) is 48.0 Å². The standard InChI is InChI=1S/C21H19N3O7/c1-30-17-9-8-12(10-15(17)24(28)29)18-14(20(26)31-2)11-16-19(25)22(21(27)23(16)18)13-6-4-3-5-7-13/h3-10,14,16,18H,11H2,1-2H3. The fourth-order valence-corrected chi connectivity index (χ4v) is 4.32. The van der Waals surface area contributed by atoms with Crippen LogP contribution < -0.4 is 9.64 Å². The number of ether oxygens (including phenoxy) is 2. The normalized spacial score (nSPS) is 22.5. The Labute approximate surface area is 177 Å². The molecule has 10 heteroatoms. The van der Waals surface area contributed by atoms with E-state index in [-0.39, 0.29) is 17.9 Å². The van der Waals surface area contributed by atoms with Crippen molar-refractivity contribution in [3.8, 4) is 5.75 Å². The number of imide groups is 1. The Kier molecular flexibility index (Phi) is 5.05. The summed E-state index contributed by atoms with van der Waals surface area (Å²) in [5.41, 5.74) is 0.465. The summed E-state index contributed by atoms with van der Waals surface area (Å²) in [6.45, 7) is 0. The highest BCUT2D eigenvalue weighted by molar-refractivity contribution is 6.22. The molecule has 0 aromatic heterocycles. The summed E-state index contributed by atoms with van der Waals surface area (Å²) < 4.78 is 9.94. The van der Waals surface area contributed by atoms with E-state index in [0.29, 0.717) is 11.3 Å². The number of amides is 3. The molecule has 0 N–H and O–H groups in total. The lowest BCUT2D eigenvalue weighted by molar-refractivity contribution is -0.385. The zero-order chi connectivity index (χ0) is 22.3. The summed E-state index contributed by atoms with van der Waals surface area (Å²) in [7, 11) is 2.53. The maximum absolute atomic E-state index is 13.3. The number of para-hydroxylation sites is 1. The summed E-state index contributed by atoms with van der Waals surface area (Å²) in [4.78, 5) is 52.2. The summed E-state index contributed by atoms with van der Waals surface area (Å²) >= 11 is 0. The van der Waals surface area contributed by atoms with Gasteiger partial charge < -0.3 is 14.4 Å². The number of benzene rings is 2. The highest BCUT2D eigenvalue weighted by Gasteiger charge is 2.58. The van der Waals surface area contributed by atoms with Crippen LogP contribution in [0.5, 0.6) is 5.75 Å². The summed E-state index contributed by atoms with van der Waals surface area (Å²) in [5, 5.41) is 11.5. The largest absolute Gasteiger partial charge is 0.490 e. The van der Waals surface area contributed by atoms with Crippen molar-refractivity contribution in [1.82, 2.24) is 4.90 Å². The number of anilines is 1. The van der Waals surface area contributed by atoms with Gasteiger partial charge in [-0.3, -0.25) is 19.7 Å². The predicted molar refractivity (Wildman–Crippen MR) is 107 cm³/mol. The van der Waals surface area contributed by atoms with Crippen LogP contribution in [0.3, 0.4) is 0 Å². The van der Waals surface area contributed by atoms with Gasteiger partial charge in [-0.05, 0) is 30.2 Å². The third kappa shape index (κ3) is 3.16. The van der Waals surface area contributed by atoms with Crippen LogP contribution in [0, 0.1) is 16.0 Å². The number of nitrogens with zero attached hydrogens (tertiary/aromatic N) is 3. The molecule has 3 unspecified atom stereocenters.